The van der Waals surface area contributed by atoms with Crippen molar-refractivity contribution in [2.75, 3.05) is 25.1 Å². The molecule has 3 heterocycles. The second-order valence-corrected chi connectivity index (χ2v) is 11.7. The molecule has 2 aliphatic rings. The van der Waals surface area contributed by atoms with E-state index in [2.05, 4.69) is 37.1 Å². The quantitative estimate of drug-likeness (QED) is 0.372. The number of rotatable bonds is 6. The van der Waals surface area contributed by atoms with E-state index in [-0.39, 0.29) is 16.4 Å². The molecule has 0 radical (unpaired) electrons. The molecule has 2 atom stereocenters. The van der Waals surface area contributed by atoms with Crippen molar-refractivity contribution in [2.24, 2.45) is 11.3 Å². The summed E-state index contributed by atoms with van der Waals surface area (Å²) >= 11 is 0. The van der Waals surface area contributed by atoms with Crippen LogP contribution in [0, 0.1) is 18.3 Å². The van der Waals surface area contributed by atoms with Crippen molar-refractivity contribution in [3.63, 3.8) is 0 Å². The first-order chi connectivity index (χ1) is 18.3. The highest BCUT2D eigenvalue weighted by Gasteiger charge is 2.58. The normalized spacial score (nSPS) is 20.7. The van der Waals surface area contributed by atoms with Crippen LogP contribution in [0.5, 0.6) is 5.88 Å². The van der Waals surface area contributed by atoms with Crippen molar-refractivity contribution < 1.29 is 27.4 Å². The molecule has 1 saturated heterocycles. The first-order valence-corrected chi connectivity index (χ1v) is 13.0. The predicted molar refractivity (Wildman–Crippen MR) is 142 cm³/mol. The zero-order valence-electron chi connectivity index (χ0n) is 22.5. The van der Waals surface area contributed by atoms with Gasteiger partial charge >= 0.3 is 6.18 Å². The third-order valence-corrected chi connectivity index (χ3v) is 7.33. The van der Waals surface area contributed by atoms with Crippen LogP contribution in [0.2, 0.25) is 0 Å². The van der Waals surface area contributed by atoms with E-state index < -0.39 is 17.8 Å². The molecule has 0 spiro atoms. The van der Waals surface area contributed by atoms with E-state index in [4.69, 9.17) is 14.5 Å². The molecule has 1 amide bonds. The molecular formula is C30H32F3N3O3. The van der Waals surface area contributed by atoms with Gasteiger partial charge in [-0.25, -0.2) is 4.98 Å². The lowest BCUT2D eigenvalue weighted by molar-refractivity contribution is -0.141. The number of alkyl halides is 3. The number of hydrogen-bond donors (Lipinski definition) is 1. The van der Waals surface area contributed by atoms with Gasteiger partial charge in [0.2, 0.25) is 5.88 Å². The minimum Gasteiger partial charge on any atom is -0.477 e. The fourth-order valence-electron chi connectivity index (χ4n) is 5.05. The van der Waals surface area contributed by atoms with Gasteiger partial charge in [0.15, 0.2) is 0 Å². The van der Waals surface area contributed by atoms with Gasteiger partial charge in [-0.15, -0.1) is 0 Å². The Bertz CT molecular complexity index is 1400. The Morgan fingerprint density at radius 2 is 1.95 bits per heavy atom. The van der Waals surface area contributed by atoms with E-state index in [1.165, 1.54) is 6.07 Å². The zero-order valence-corrected chi connectivity index (χ0v) is 22.5. The molecule has 39 heavy (non-hydrogen) atoms. The Hall–Kier alpha value is -3.46. The summed E-state index contributed by atoms with van der Waals surface area (Å²) in [5.74, 6) is 0.344. The molecule has 2 unspecified atom stereocenters. The van der Waals surface area contributed by atoms with Crippen LogP contribution in [0.3, 0.4) is 0 Å². The van der Waals surface area contributed by atoms with Gasteiger partial charge in [-0.05, 0) is 78.1 Å². The van der Waals surface area contributed by atoms with Gasteiger partial charge in [0, 0.05) is 35.5 Å². The van der Waals surface area contributed by atoms with Gasteiger partial charge < -0.3 is 14.8 Å². The summed E-state index contributed by atoms with van der Waals surface area (Å²) in [6, 6.07) is 11.5. The van der Waals surface area contributed by atoms with Crippen molar-refractivity contribution in [1.29, 1.82) is 0 Å². The lowest BCUT2D eigenvalue weighted by Gasteiger charge is -2.24. The first-order valence-electron chi connectivity index (χ1n) is 13.0. The number of aryl methyl sites for hydroxylation is 1. The van der Waals surface area contributed by atoms with E-state index in [0.29, 0.717) is 30.7 Å². The number of carbonyl (C=O) groups is 1. The number of ether oxygens (including phenoxy) is 2. The third kappa shape index (κ3) is 5.93. The average molecular weight is 540 g/mol. The second-order valence-electron chi connectivity index (χ2n) is 11.7. The molecule has 2 fully saturated rings. The molecule has 5 rings (SSSR count). The number of nitrogens with zero attached hydrogens (tertiary/aromatic N) is 2. The van der Waals surface area contributed by atoms with Crippen molar-refractivity contribution in [3.8, 4) is 17.0 Å². The Labute approximate surface area is 226 Å². The molecule has 9 heteroatoms. The van der Waals surface area contributed by atoms with Gasteiger partial charge in [-0.2, -0.15) is 13.2 Å². The molecule has 3 aromatic rings. The molecule has 1 aromatic carbocycles. The van der Waals surface area contributed by atoms with E-state index in [0.717, 1.165) is 54.1 Å². The number of fused-ring (bicyclic) bond motifs is 1. The molecule has 1 aliphatic carbocycles. The number of nitrogens with one attached hydrogen (secondary N) is 1. The molecule has 2 aromatic heterocycles. The van der Waals surface area contributed by atoms with E-state index in [9.17, 15) is 18.0 Å². The molecule has 1 saturated carbocycles. The lowest BCUT2D eigenvalue weighted by atomic mass is 9.90. The Balaban J connectivity index is 1.47. The number of benzene rings is 1. The van der Waals surface area contributed by atoms with Gasteiger partial charge in [-0.3, -0.25) is 9.78 Å². The summed E-state index contributed by atoms with van der Waals surface area (Å²) in [7, 11) is 0. The van der Waals surface area contributed by atoms with E-state index in [1.807, 2.05) is 25.1 Å². The summed E-state index contributed by atoms with van der Waals surface area (Å²) < 4.78 is 51.1. The molecule has 206 valence electrons. The largest absolute Gasteiger partial charge is 0.477 e. The second kappa shape index (κ2) is 9.93. The number of pyridine rings is 2. The van der Waals surface area contributed by atoms with Crippen LogP contribution in [0.15, 0.2) is 48.7 Å². The molecule has 1 N–H and O–H groups in total. The van der Waals surface area contributed by atoms with Crippen LogP contribution >= 0.6 is 0 Å². The van der Waals surface area contributed by atoms with Crippen LogP contribution in [-0.4, -0.2) is 35.7 Å². The standard InChI is InChI=1S/C30H32F3N3O3/c1-18-5-6-22(35-27(37)19-7-9-34-25(11-19)30(31,32)33)14-23(18)20-12-24(29-8-10-38-16-21(29)15-29)36-26(13-20)39-17-28(2,3)4/h5-7,9,11-14,21H,8,10,15-17H2,1-4H3,(H,35,37). The zero-order chi connectivity index (χ0) is 28.0. The highest BCUT2D eigenvalue weighted by Crippen LogP contribution is 2.58. The fourth-order valence-corrected chi connectivity index (χ4v) is 5.05. The number of halogens is 3. The molecular weight excluding hydrogens is 507 g/mol. The maximum atomic E-state index is 13.1. The van der Waals surface area contributed by atoms with Crippen molar-refractivity contribution >= 4 is 11.6 Å². The fraction of sp³-hybridized carbons (Fsp3) is 0.433. The monoisotopic (exact) mass is 539 g/mol. The summed E-state index contributed by atoms with van der Waals surface area (Å²) in [5, 5.41) is 2.73. The van der Waals surface area contributed by atoms with Gasteiger partial charge in [0.05, 0.1) is 18.9 Å². The Morgan fingerprint density at radius 3 is 2.67 bits per heavy atom. The number of amides is 1. The minimum absolute atomic E-state index is 0.00856. The van der Waals surface area contributed by atoms with Crippen LogP contribution in [0.4, 0.5) is 18.9 Å². The SMILES string of the molecule is Cc1ccc(NC(=O)c2ccnc(C(F)(F)F)c2)cc1-c1cc(OCC(C)(C)C)nc(C23CCOCC2C3)c1. The summed E-state index contributed by atoms with van der Waals surface area (Å²) in [5.41, 5.74) is 2.93. The predicted octanol–water partition coefficient (Wildman–Crippen LogP) is 6.83. The summed E-state index contributed by atoms with van der Waals surface area (Å²) in [4.78, 5) is 21.1. The van der Waals surface area contributed by atoms with E-state index in [1.54, 1.807) is 6.07 Å². The molecule has 1 aliphatic heterocycles. The van der Waals surface area contributed by atoms with Gasteiger partial charge in [-0.1, -0.05) is 26.8 Å². The third-order valence-electron chi connectivity index (χ3n) is 7.33. The summed E-state index contributed by atoms with van der Waals surface area (Å²) in [6.45, 7) is 10.2. The number of carbonyl (C=O) groups excluding carboxylic acids is 1. The maximum absolute atomic E-state index is 13.1. The average Bonchev–Trinajstić information content (AvgIpc) is 3.64. The van der Waals surface area contributed by atoms with Crippen LogP contribution in [0.1, 0.15) is 60.9 Å². The Morgan fingerprint density at radius 1 is 1.15 bits per heavy atom. The van der Waals surface area contributed by atoms with Gasteiger partial charge in [0.25, 0.3) is 5.91 Å². The van der Waals surface area contributed by atoms with Crippen LogP contribution in [0.25, 0.3) is 11.1 Å². The number of hydrogen-bond acceptors (Lipinski definition) is 5. The molecule has 0 bridgehead atoms. The smallest absolute Gasteiger partial charge is 0.433 e. The molecule has 6 nitrogen and oxygen atoms in total. The van der Waals surface area contributed by atoms with Crippen molar-refractivity contribution in [3.05, 3.63) is 71.2 Å². The minimum atomic E-state index is -4.64. The van der Waals surface area contributed by atoms with Crippen molar-refractivity contribution in [1.82, 2.24) is 9.97 Å². The highest BCUT2D eigenvalue weighted by atomic mass is 19.4. The first kappa shape index (κ1) is 27.1. The van der Waals surface area contributed by atoms with E-state index >= 15 is 0 Å². The van der Waals surface area contributed by atoms with Crippen LogP contribution < -0.4 is 10.1 Å². The lowest BCUT2D eigenvalue weighted by Crippen LogP contribution is -2.23. The Kier molecular flexibility index (Phi) is 6.91. The van der Waals surface area contributed by atoms with Crippen molar-refractivity contribution in [2.45, 2.75) is 52.1 Å². The topological polar surface area (TPSA) is 73.3 Å². The maximum Gasteiger partial charge on any atom is 0.433 e. The van der Waals surface area contributed by atoms with Gasteiger partial charge in [0.1, 0.15) is 5.69 Å². The number of anilines is 1. The highest BCUT2D eigenvalue weighted by molar-refractivity contribution is 6.04. The van der Waals surface area contributed by atoms with Crippen LogP contribution in [-0.2, 0) is 16.3 Å². The number of aromatic nitrogens is 2. The summed E-state index contributed by atoms with van der Waals surface area (Å²) in [6.07, 6.45) is -1.71.